The zero-order chi connectivity index (χ0) is 18.4. The molecule has 2 aromatic carbocycles. The topological polar surface area (TPSA) is 77.2 Å². The minimum atomic E-state index is -0.0423. The van der Waals surface area contributed by atoms with Crippen LogP contribution in [0.1, 0.15) is 12.0 Å². The third kappa shape index (κ3) is 4.64. The van der Waals surface area contributed by atoms with Gasteiger partial charge in [0.05, 0.1) is 7.11 Å². The number of para-hydroxylation sites is 1. The number of rotatable bonds is 7. The highest BCUT2D eigenvalue weighted by molar-refractivity contribution is 7.99. The molecule has 0 spiro atoms. The van der Waals surface area contributed by atoms with Crippen molar-refractivity contribution in [3.8, 4) is 17.2 Å². The van der Waals surface area contributed by atoms with Crippen molar-refractivity contribution in [2.75, 3.05) is 18.2 Å². The number of nitrogens with one attached hydrogen (secondary N) is 1. The van der Waals surface area contributed by atoms with Gasteiger partial charge in [0.25, 0.3) is 5.22 Å². The molecule has 0 unspecified atom stereocenters. The van der Waals surface area contributed by atoms with Gasteiger partial charge in [-0.05, 0) is 36.8 Å². The molecule has 1 N–H and O–H groups in total. The molecule has 0 aliphatic heterocycles. The summed E-state index contributed by atoms with van der Waals surface area (Å²) in [6.07, 6.45) is 0.357. The number of thioether (sulfide) groups is 1. The molecule has 0 atom stereocenters. The number of benzene rings is 2. The third-order valence-corrected chi connectivity index (χ3v) is 4.52. The van der Waals surface area contributed by atoms with Gasteiger partial charge in [0, 0.05) is 23.4 Å². The maximum Gasteiger partial charge on any atom is 0.276 e. The van der Waals surface area contributed by atoms with Gasteiger partial charge in [-0.3, -0.25) is 4.79 Å². The van der Waals surface area contributed by atoms with E-state index in [1.165, 1.54) is 11.8 Å². The van der Waals surface area contributed by atoms with Crippen molar-refractivity contribution in [3.05, 3.63) is 54.1 Å². The van der Waals surface area contributed by atoms with E-state index in [9.17, 15) is 4.79 Å². The number of carbonyl (C=O) groups excluding carboxylic acids is 1. The first kappa shape index (κ1) is 18.0. The second-order valence-electron chi connectivity index (χ2n) is 5.57. The molecule has 1 aromatic heterocycles. The molecule has 1 heterocycles. The van der Waals surface area contributed by atoms with Crippen LogP contribution in [0.5, 0.6) is 5.75 Å². The van der Waals surface area contributed by atoms with Crippen molar-refractivity contribution in [2.24, 2.45) is 0 Å². The molecule has 0 fully saturated rings. The highest BCUT2D eigenvalue weighted by atomic mass is 32.2. The van der Waals surface area contributed by atoms with Gasteiger partial charge in [-0.15, -0.1) is 10.2 Å². The van der Waals surface area contributed by atoms with E-state index in [4.69, 9.17) is 9.15 Å². The normalized spacial score (nSPS) is 10.5. The molecule has 0 bridgehead atoms. The van der Waals surface area contributed by atoms with Gasteiger partial charge in [-0.2, -0.15) is 0 Å². The van der Waals surface area contributed by atoms with E-state index in [1.807, 2.05) is 55.5 Å². The summed E-state index contributed by atoms with van der Waals surface area (Å²) in [6, 6.07) is 15.1. The second kappa shape index (κ2) is 8.53. The monoisotopic (exact) mass is 369 g/mol. The van der Waals surface area contributed by atoms with Crippen LogP contribution < -0.4 is 10.1 Å². The van der Waals surface area contributed by atoms with E-state index in [1.54, 1.807) is 7.11 Å². The molecule has 0 aliphatic carbocycles. The number of anilines is 1. The first-order valence-electron chi connectivity index (χ1n) is 8.12. The zero-order valence-corrected chi connectivity index (χ0v) is 15.4. The standard InChI is InChI=1S/C19H19N3O3S/c1-13-6-3-4-9-16(13)20-17(23)10-11-26-19-22-21-18(25-19)14-7-5-8-15(12-14)24-2/h3-9,12H,10-11H2,1-2H3,(H,20,23). The molecule has 3 rings (SSSR count). The van der Waals surface area contributed by atoms with Crippen LogP contribution in [0.3, 0.4) is 0 Å². The van der Waals surface area contributed by atoms with Gasteiger partial charge in [-0.25, -0.2) is 0 Å². The smallest absolute Gasteiger partial charge is 0.276 e. The molecule has 134 valence electrons. The summed E-state index contributed by atoms with van der Waals surface area (Å²) >= 11 is 1.36. The average Bonchev–Trinajstić information content (AvgIpc) is 3.13. The van der Waals surface area contributed by atoms with Crippen molar-refractivity contribution in [1.29, 1.82) is 0 Å². The Balaban J connectivity index is 1.52. The first-order valence-corrected chi connectivity index (χ1v) is 9.10. The van der Waals surface area contributed by atoms with E-state index in [-0.39, 0.29) is 5.91 Å². The van der Waals surface area contributed by atoms with Crippen LogP contribution in [0.2, 0.25) is 0 Å². The van der Waals surface area contributed by atoms with Crippen LogP contribution in [0, 0.1) is 6.92 Å². The van der Waals surface area contributed by atoms with Crippen LogP contribution in [-0.2, 0) is 4.79 Å². The van der Waals surface area contributed by atoms with Crippen molar-refractivity contribution in [2.45, 2.75) is 18.6 Å². The summed E-state index contributed by atoms with van der Waals surface area (Å²) in [7, 11) is 1.61. The summed E-state index contributed by atoms with van der Waals surface area (Å²) < 4.78 is 10.8. The lowest BCUT2D eigenvalue weighted by Gasteiger charge is -2.07. The molecule has 0 aliphatic rings. The molecule has 6 nitrogen and oxygen atoms in total. The van der Waals surface area contributed by atoms with Gasteiger partial charge in [-0.1, -0.05) is 36.0 Å². The lowest BCUT2D eigenvalue weighted by molar-refractivity contribution is -0.115. The molecule has 0 saturated heterocycles. The Morgan fingerprint density at radius 2 is 2.04 bits per heavy atom. The lowest BCUT2D eigenvalue weighted by Crippen LogP contribution is -2.12. The van der Waals surface area contributed by atoms with E-state index >= 15 is 0 Å². The van der Waals surface area contributed by atoms with Crippen LogP contribution in [0.25, 0.3) is 11.5 Å². The highest BCUT2D eigenvalue weighted by Gasteiger charge is 2.11. The highest BCUT2D eigenvalue weighted by Crippen LogP contribution is 2.26. The van der Waals surface area contributed by atoms with Crippen molar-refractivity contribution >= 4 is 23.4 Å². The number of ether oxygens (including phenoxy) is 1. The van der Waals surface area contributed by atoms with Gasteiger partial charge in [0.2, 0.25) is 11.8 Å². The van der Waals surface area contributed by atoms with Crippen LogP contribution in [0.15, 0.2) is 58.2 Å². The fourth-order valence-corrected chi connectivity index (χ4v) is 3.00. The van der Waals surface area contributed by atoms with Gasteiger partial charge >= 0.3 is 0 Å². The largest absolute Gasteiger partial charge is 0.497 e. The summed E-state index contributed by atoms with van der Waals surface area (Å²) in [6.45, 7) is 1.96. The van der Waals surface area contributed by atoms with Crippen LogP contribution in [-0.4, -0.2) is 29.0 Å². The average molecular weight is 369 g/mol. The molecule has 0 saturated carbocycles. The molecule has 3 aromatic rings. The van der Waals surface area contributed by atoms with E-state index < -0.39 is 0 Å². The van der Waals surface area contributed by atoms with Crippen molar-refractivity contribution in [1.82, 2.24) is 10.2 Å². The van der Waals surface area contributed by atoms with Gasteiger partial charge in [0.1, 0.15) is 5.75 Å². The van der Waals surface area contributed by atoms with Crippen LogP contribution >= 0.6 is 11.8 Å². The van der Waals surface area contributed by atoms with Gasteiger partial charge < -0.3 is 14.5 Å². The lowest BCUT2D eigenvalue weighted by atomic mass is 10.2. The number of hydrogen-bond acceptors (Lipinski definition) is 6. The Morgan fingerprint density at radius 3 is 2.85 bits per heavy atom. The summed E-state index contributed by atoms with van der Waals surface area (Å²) in [5, 5.41) is 11.4. The number of aryl methyl sites for hydroxylation is 1. The third-order valence-electron chi connectivity index (χ3n) is 3.70. The maximum atomic E-state index is 12.0. The minimum absolute atomic E-state index is 0.0423. The van der Waals surface area contributed by atoms with E-state index in [0.29, 0.717) is 23.3 Å². The molecule has 0 radical (unpaired) electrons. The summed E-state index contributed by atoms with van der Waals surface area (Å²) in [5.74, 6) is 1.66. The minimum Gasteiger partial charge on any atom is -0.497 e. The predicted molar refractivity (Wildman–Crippen MR) is 101 cm³/mol. The second-order valence-corrected chi connectivity index (χ2v) is 6.61. The fraction of sp³-hybridized carbons (Fsp3) is 0.211. The molecule has 7 heteroatoms. The van der Waals surface area contributed by atoms with E-state index in [2.05, 4.69) is 15.5 Å². The SMILES string of the molecule is COc1cccc(-c2nnc(SCCC(=O)Nc3ccccc3C)o2)c1. The number of carbonyl (C=O) groups is 1. The van der Waals surface area contributed by atoms with Crippen LogP contribution in [0.4, 0.5) is 5.69 Å². The number of nitrogens with zero attached hydrogens (tertiary/aromatic N) is 2. The van der Waals surface area contributed by atoms with E-state index in [0.717, 1.165) is 22.6 Å². The summed E-state index contributed by atoms with van der Waals surface area (Å²) in [4.78, 5) is 12.0. The number of aromatic nitrogens is 2. The quantitative estimate of drug-likeness (QED) is 0.630. The Morgan fingerprint density at radius 1 is 1.19 bits per heavy atom. The Labute approximate surface area is 156 Å². The molecule has 1 amide bonds. The summed E-state index contributed by atoms with van der Waals surface area (Å²) in [5.41, 5.74) is 2.66. The molecular formula is C19H19N3O3S. The Kier molecular flexibility index (Phi) is 5.91. The zero-order valence-electron chi connectivity index (χ0n) is 14.6. The number of methoxy groups -OCH3 is 1. The first-order chi connectivity index (χ1) is 12.7. The Bertz CT molecular complexity index is 895. The maximum absolute atomic E-state index is 12.0. The van der Waals surface area contributed by atoms with Gasteiger partial charge in [0.15, 0.2) is 0 Å². The number of amides is 1. The molecule has 26 heavy (non-hydrogen) atoms. The number of hydrogen-bond donors (Lipinski definition) is 1. The van der Waals surface area contributed by atoms with Crippen molar-refractivity contribution in [3.63, 3.8) is 0 Å². The Hall–Kier alpha value is -2.80. The fourth-order valence-electron chi connectivity index (χ4n) is 2.30. The molecular weight excluding hydrogens is 350 g/mol. The predicted octanol–water partition coefficient (Wildman–Crippen LogP) is 4.17. The van der Waals surface area contributed by atoms with Crippen molar-refractivity contribution < 1.29 is 13.9 Å².